The van der Waals surface area contributed by atoms with Crippen molar-refractivity contribution in [3.63, 3.8) is 0 Å². The van der Waals surface area contributed by atoms with Crippen molar-refractivity contribution in [2.45, 2.75) is 6.92 Å². The smallest absolute Gasteiger partial charge is 0.171 e. The van der Waals surface area contributed by atoms with Crippen LogP contribution < -0.4 is 4.99 Å². The Bertz CT molecular complexity index is 120. The van der Waals surface area contributed by atoms with Crippen LogP contribution in [0.5, 0.6) is 0 Å². The van der Waals surface area contributed by atoms with Crippen molar-refractivity contribution in [1.29, 1.82) is 0 Å². The third-order valence-corrected chi connectivity index (χ3v) is 0.877. The summed E-state index contributed by atoms with van der Waals surface area (Å²) in [6.07, 6.45) is 5.61. The molecule has 0 saturated heterocycles. The fourth-order valence-corrected chi connectivity index (χ4v) is 0.296. The second-order valence-corrected chi connectivity index (χ2v) is 1.53. The Morgan fingerprint density at radius 1 is 1.62 bits per heavy atom. The van der Waals surface area contributed by atoms with Gasteiger partial charge in [-0.15, -0.1) is 0 Å². The highest BCUT2D eigenvalue weighted by Gasteiger charge is 1.80. The van der Waals surface area contributed by atoms with Crippen LogP contribution in [0.1, 0.15) is 6.92 Å². The van der Waals surface area contributed by atoms with Crippen molar-refractivity contribution in [3.05, 3.63) is 24.8 Å². The molecule has 44 valence electrons. The molecule has 0 radical (unpaired) electrons. The number of nitrogens with one attached hydrogen (secondary N) is 1. The molecule has 1 nitrogen and oxygen atoms in total. The molecule has 0 unspecified atom stereocenters. The summed E-state index contributed by atoms with van der Waals surface area (Å²) in [6.45, 7) is 5.54. The summed E-state index contributed by atoms with van der Waals surface area (Å²) in [4.78, 5) is 2.98. The fourth-order valence-electron chi connectivity index (χ4n) is 0.296. The Morgan fingerprint density at radius 3 is 2.62 bits per heavy atom. The lowest BCUT2D eigenvalue weighted by Gasteiger charge is -1.74. The molecular weight excluding hydrogens is 98.1 g/mol. The van der Waals surface area contributed by atoms with Crippen molar-refractivity contribution in [2.75, 3.05) is 7.05 Å². The highest BCUT2D eigenvalue weighted by atomic mass is 14.7. The molecule has 0 atom stereocenters. The lowest BCUT2D eigenvalue weighted by Crippen LogP contribution is -2.66. The fraction of sp³-hybridized carbons (Fsp3) is 0.286. The zero-order valence-corrected chi connectivity index (χ0v) is 5.44. The van der Waals surface area contributed by atoms with Crippen molar-refractivity contribution >= 4 is 5.71 Å². The van der Waals surface area contributed by atoms with Crippen LogP contribution in [-0.2, 0) is 0 Å². The van der Waals surface area contributed by atoms with E-state index in [-0.39, 0.29) is 0 Å². The van der Waals surface area contributed by atoms with Gasteiger partial charge in [0.05, 0.1) is 0 Å². The molecule has 0 aliphatic carbocycles. The largest absolute Gasteiger partial charge is 0.249 e. The molecule has 0 amide bonds. The van der Waals surface area contributed by atoms with Gasteiger partial charge in [0.15, 0.2) is 5.71 Å². The quantitative estimate of drug-likeness (QED) is 0.377. The molecule has 0 bridgehead atoms. The van der Waals surface area contributed by atoms with Crippen LogP contribution in [0.2, 0.25) is 0 Å². The monoisotopic (exact) mass is 110 g/mol. The van der Waals surface area contributed by atoms with Crippen LogP contribution in [0.4, 0.5) is 0 Å². The number of allylic oxidation sites excluding steroid dienone is 3. The van der Waals surface area contributed by atoms with E-state index in [0.717, 1.165) is 5.71 Å². The van der Waals surface area contributed by atoms with Crippen LogP contribution >= 0.6 is 0 Å². The van der Waals surface area contributed by atoms with Gasteiger partial charge < -0.3 is 0 Å². The summed E-state index contributed by atoms with van der Waals surface area (Å²) in [5.74, 6) is 0. The van der Waals surface area contributed by atoms with Gasteiger partial charge >= 0.3 is 0 Å². The van der Waals surface area contributed by atoms with E-state index in [2.05, 4.69) is 11.6 Å². The first-order valence-electron chi connectivity index (χ1n) is 2.61. The molecule has 0 saturated carbocycles. The topological polar surface area (TPSA) is 14.0 Å². The molecule has 0 aliphatic rings. The Kier molecular flexibility index (Phi) is 3.85. The molecule has 0 aromatic rings. The maximum absolute atomic E-state index is 3.54. The van der Waals surface area contributed by atoms with E-state index >= 15 is 0 Å². The average Bonchev–Trinajstić information content (AvgIpc) is 1.83. The molecule has 8 heavy (non-hydrogen) atoms. The van der Waals surface area contributed by atoms with Gasteiger partial charge in [-0.2, -0.15) is 0 Å². The Balaban J connectivity index is 3.69. The molecule has 0 fully saturated rings. The van der Waals surface area contributed by atoms with Gasteiger partial charge in [-0.1, -0.05) is 18.7 Å². The highest BCUT2D eigenvalue weighted by molar-refractivity contribution is 5.87. The van der Waals surface area contributed by atoms with Crippen molar-refractivity contribution in [3.8, 4) is 0 Å². The summed E-state index contributed by atoms with van der Waals surface area (Å²) in [5.41, 5.74) is 1.14. The molecule has 0 heterocycles. The Labute approximate surface area is 50.4 Å². The molecule has 1 heteroatoms. The van der Waals surface area contributed by atoms with E-state index in [9.17, 15) is 0 Å². The van der Waals surface area contributed by atoms with Crippen LogP contribution in [0.15, 0.2) is 24.8 Å². The Hall–Kier alpha value is -0.850. The van der Waals surface area contributed by atoms with Gasteiger partial charge in [-0.25, -0.2) is 4.99 Å². The molecule has 0 aromatic carbocycles. The van der Waals surface area contributed by atoms with Gasteiger partial charge in [0.25, 0.3) is 0 Å². The van der Waals surface area contributed by atoms with Gasteiger partial charge in [0.1, 0.15) is 7.05 Å². The van der Waals surface area contributed by atoms with Crippen LogP contribution in [0.3, 0.4) is 0 Å². The summed E-state index contributed by atoms with van der Waals surface area (Å²) in [7, 11) is 1.89. The second-order valence-electron chi connectivity index (χ2n) is 1.53. The molecule has 0 aromatic heterocycles. The average molecular weight is 110 g/mol. The number of hydrogen-bond donors (Lipinski definition) is 1. The van der Waals surface area contributed by atoms with E-state index in [4.69, 9.17) is 0 Å². The van der Waals surface area contributed by atoms with Crippen molar-refractivity contribution in [1.82, 2.24) is 0 Å². The van der Waals surface area contributed by atoms with Gasteiger partial charge in [0.2, 0.25) is 0 Å². The third kappa shape index (κ3) is 3.34. The standard InChI is InChI=1S/C7H11N/c1-4-5-6-7(2)8-3/h4-6H,1H2,2-3H3/p+1/b6-5-,8-7?. The minimum Gasteiger partial charge on any atom is -0.249 e. The molecule has 0 rings (SSSR count). The molecular formula is C7H12N+. The summed E-state index contributed by atoms with van der Waals surface area (Å²) < 4.78 is 0. The Morgan fingerprint density at radius 2 is 2.25 bits per heavy atom. The lowest BCUT2D eigenvalue weighted by molar-refractivity contribution is -0.419. The minimum absolute atomic E-state index is 1.14. The number of hydrogen-bond acceptors (Lipinski definition) is 0. The second kappa shape index (κ2) is 4.31. The first-order chi connectivity index (χ1) is 3.81. The van der Waals surface area contributed by atoms with E-state index < -0.39 is 0 Å². The summed E-state index contributed by atoms with van der Waals surface area (Å²) >= 11 is 0. The highest BCUT2D eigenvalue weighted by Crippen LogP contribution is 1.70. The lowest BCUT2D eigenvalue weighted by atomic mass is 10.4. The van der Waals surface area contributed by atoms with Crippen molar-refractivity contribution < 1.29 is 4.99 Å². The van der Waals surface area contributed by atoms with E-state index in [1.165, 1.54) is 0 Å². The van der Waals surface area contributed by atoms with Crippen LogP contribution in [-0.4, -0.2) is 12.8 Å². The predicted octanol–water partition coefficient (Wildman–Crippen LogP) is -0.100. The van der Waals surface area contributed by atoms with Crippen molar-refractivity contribution in [2.24, 2.45) is 0 Å². The van der Waals surface area contributed by atoms with Crippen LogP contribution in [0, 0.1) is 0 Å². The molecule has 0 aliphatic heterocycles. The van der Waals surface area contributed by atoms with E-state index in [1.54, 1.807) is 6.08 Å². The van der Waals surface area contributed by atoms with Crippen LogP contribution in [0.25, 0.3) is 0 Å². The minimum atomic E-state index is 1.14. The maximum Gasteiger partial charge on any atom is 0.171 e. The van der Waals surface area contributed by atoms with Gasteiger partial charge in [-0.05, 0) is 0 Å². The first kappa shape index (κ1) is 7.15. The predicted molar refractivity (Wildman–Crippen MR) is 36.9 cm³/mol. The van der Waals surface area contributed by atoms with Gasteiger partial charge in [0, 0.05) is 13.0 Å². The third-order valence-electron chi connectivity index (χ3n) is 0.877. The molecule has 1 N–H and O–H groups in total. The zero-order valence-electron chi connectivity index (χ0n) is 5.44. The zero-order chi connectivity index (χ0) is 6.41. The van der Waals surface area contributed by atoms with E-state index in [0.29, 0.717) is 0 Å². The maximum atomic E-state index is 3.54. The molecule has 0 spiro atoms. The SMILES string of the molecule is C=C/C=C\C(C)=[NH+]C. The van der Waals surface area contributed by atoms with Gasteiger partial charge in [-0.3, -0.25) is 0 Å². The summed E-state index contributed by atoms with van der Waals surface area (Å²) in [6, 6.07) is 0. The summed E-state index contributed by atoms with van der Waals surface area (Å²) in [5, 5.41) is 0. The first-order valence-corrected chi connectivity index (χ1v) is 2.61. The van der Waals surface area contributed by atoms with E-state index in [1.807, 2.05) is 26.1 Å². The number of rotatable bonds is 2. The normalized spacial score (nSPS) is 12.5.